The molecule has 0 saturated heterocycles. The highest BCUT2D eigenvalue weighted by atomic mass is 19.1. The molecule has 3 aromatic rings. The molecule has 2 aromatic carbocycles. The Morgan fingerprint density at radius 2 is 1.93 bits per heavy atom. The third-order valence-corrected chi connectivity index (χ3v) is 4.97. The number of rotatable bonds is 5. The van der Waals surface area contributed by atoms with Gasteiger partial charge in [-0.2, -0.15) is 0 Å². The number of hydrogen-bond donors (Lipinski definition) is 1. The van der Waals surface area contributed by atoms with Gasteiger partial charge >= 0.3 is 5.69 Å². The zero-order valence-electron chi connectivity index (χ0n) is 16.3. The van der Waals surface area contributed by atoms with Crippen molar-refractivity contribution in [2.45, 2.75) is 26.6 Å². The minimum atomic E-state index is -0.510. The Balaban J connectivity index is 1.50. The number of nitrogens with one attached hydrogen (secondary N) is 1. The molecule has 30 heavy (non-hydrogen) atoms. The molecule has 0 aliphatic carbocycles. The van der Waals surface area contributed by atoms with Crippen molar-refractivity contribution in [3.05, 3.63) is 81.8 Å². The van der Waals surface area contributed by atoms with Gasteiger partial charge in [0, 0.05) is 25.3 Å². The highest BCUT2D eigenvalue weighted by Gasteiger charge is 2.30. The molecule has 1 N–H and O–H groups in total. The lowest BCUT2D eigenvalue weighted by molar-refractivity contribution is -0.117. The standard InChI is InChI=1S/C21H20FN5O3/c1-14-5-2-3-8-17(14)23-18(28)13-27-21(30)26-10-9-25(20(29)19(26)24-27)12-15-6-4-7-16(22)11-15/h2-8,11H,9-10,12-13H2,1H3,(H,23,28). The first-order valence-corrected chi connectivity index (χ1v) is 9.49. The molecule has 0 radical (unpaired) electrons. The fraction of sp³-hybridized carbons (Fsp3) is 0.238. The third-order valence-electron chi connectivity index (χ3n) is 4.97. The molecule has 0 spiro atoms. The molecule has 2 heterocycles. The number of benzene rings is 2. The summed E-state index contributed by atoms with van der Waals surface area (Å²) in [6, 6.07) is 13.3. The van der Waals surface area contributed by atoms with Gasteiger partial charge in [0.05, 0.1) is 0 Å². The molecule has 2 amide bonds. The lowest BCUT2D eigenvalue weighted by atomic mass is 10.2. The van der Waals surface area contributed by atoms with Gasteiger partial charge in [0.2, 0.25) is 11.7 Å². The molecule has 0 unspecified atom stereocenters. The van der Waals surface area contributed by atoms with E-state index < -0.39 is 17.5 Å². The van der Waals surface area contributed by atoms with E-state index in [2.05, 4.69) is 10.4 Å². The van der Waals surface area contributed by atoms with Crippen LogP contribution in [-0.2, 0) is 24.4 Å². The Morgan fingerprint density at radius 3 is 2.70 bits per heavy atom. The summed E-state index contributed by atoms with van der Waals surface area (Å²) >= 11 is 0. The van der Waals surface area contributed by atoms with Gasteiger partial charge in [-0.05, 0) is 36.2 Å². The first-order valence-electron chi connectivity index (χ1n) is 9.49. The topological polar surface area (TPSA) is 89.2 Å². The molecule has 154 valence electrons. The Bertz CT molecular complexity index is 1180. The number of carbonyl (C=O) groups excluding carboxylic acids is 2. The van der Waals surface area contributed by atoms with Crippen LogP contribution in [0.3, 0.4) is 0 Å². The quantitative estimate of drug-likeness (QED) is 0.696. The average Bonchev–Trinajstić information content (AvgIpc) is 3.02. The summed E-state index contributed by atoms with van der Waals surface area (Å²) in [6.45, 7) is 2.33. The van der Waals surface area contributed by atoms with Crippen LogP contribution in [0.4, 0.5) is 10.1 Å². The number of nitrogens with zero attached hydrogens (tertiary/aromatic N) is 4. The molecular formula is C21H20FN5O3. The summed E-state index contributed by atoms with van der Waals surface area (Å²) in [4.78, 5) is 39.3. The molecule has 0 bridgehead atoms. The summed E-state index contributed by atoms with van der Waals surface area (Å²) in [5.41, 5.74) is 1.68. The number of carbonyl (C=O) groups is 2. The molecule has 4 rings (SSSR count). The van der Waals surface area contributed by atoms with E-state index in [1.807, 2.05) is 19.1 Å². The fourth-order valence-electron chi connectivity index (χ4n) is 3.41. The van der Waals surface area contributed by atoms with Crippen LogP contribution >= 0.6 is 0 Å². The van der Waals surface area contributed by atoms with Gasteiger partial charge in [-0.3, -0.25) is 14.2 Å². The summed E-state index contributed by atoms with van der Waals surface area (Å²) in [7, 11) is 0. The summed E-state index contributed by atoms with van der Waals surface area (Å²) in [6.07, 6.45) is 0. The normalized spacial score (nSPS) is 13.3. The van der Waals surface area contributed by atoms with Crippen LogP contribution in [0.15, 0.2) is 53.3 Å². The van der Waals surface area contributed by atoms with Crippen LogP contribution in [-0.4, -0.2) is 37.6 Å². The number of anilines is 1. The van der Waals surface area contributed by atoms with Gasteiger partial charge in [-0.1, -0.05) is 30.3 Å². The highest BCUT2D eigenvalue weighted by Crippen LogP contribution is 2.15. The maximum Gasteiger partial charge on any atom is 0.346 e. The first kappa shape index (κ1) is 19.6. The number of aryl methyl sites for hydroxylation is 1. The summed E-state index contributed by atoms with van der Waals surface area (Å²) in [5, 5.41) is 6.83. The van der Waals surface area contributed by atoms with Gasteiger partial charge in [-0.25, -0.2) is 13.9 Å². The van der Waals surface area contributed by atoms with Crippen LogP contribution in [0.1, 0.15) is 21.7 Å². The largest absolute Gasteiger partial charge is 0.346 e. The molecule has 0 atom stereocenters. The lowest BCUT2D eigenvalue weighted by Crippen LogP contribution is -2.42. The van der Waals surface area contributed by atoms with Crippen LogP contribution in [0, 0.1) is 12.7 Å². The second-order valence-electron chi connectivity index (χ2n) is 7.14. The van der Waals surface area contributed by atoms with E-state index in [-0.39, 0.29) is 31.3 Å². The molecule has 0 fully saturated rings. The van der Waals surface area contributed by atoms with Gasteiger partial charge in [0.25, 0.3) is 5.91 Å². The lowest BCUT2D eigenvalue weighted by Gasteiger charge is -2.26. The van der Waals surface area contributed by atoms with Crippen LogP contribution < -0.4 is 11.0 Å². The molecule has 1 aliphatic rings. The summed E-state index contributed by atoms with van der Waals surface area (Å²) in [5.74, 6) is -1.24. The van der Waals surface area contributed by atoms with Crippen LogP contribution in [0.5, 0.6) is 0 Å². The average molecular weight is 409 g/mol. The Labute approximate surface area is 171 Å². The number of halogens is 1. The van der Waals surface area contributed by atoms with Gasteiger partial charge in [0.15, 0.2) is 0 Å². The maximum atomic E-state index is 13.4. The number of hydrogen-bond acceptors (Lipinski definition) is 4. The first-order chi connectivity index (χ1) is 14.4. The zero-order valence-corrected chi connectivity index (χ0v) is 16.3. The Morgan fingerprint density at radius 1 is 1.13 bits per heavy atom. The van der Waals surface area contributed by atoms with E-state index in [9.17, 15) is 18.8 Å². The van der Waals surface area contributed by atoms with Crippen molar-refractivity contribution < 1.29 is 14.0 Å². The predicted molar refractivity (Wildman–Crippen MR) is 107 cm³/mol. The minimum Gasteiger partial charge on any atom is -0.330 e. The molecule has 1 aromatic heterocycles. The second-order valence-corrected chi connectivity index (χ2v) is 7.14. The number of aromatic nitrogens is 3. The van der Waals surface area contributed by atoms with E-state index >= 15 is 0 Å². The maximum absolute atomic E-state index is 13.4. The van der Waals surface area contributed by atoms with E-state index in [4.69, 9.17) is 0 Å². The summed E-state index contributed by atoms with van der Waals surface area (Å²) < 4.78 is 15.7. The molecule has 9 heteroatoms. The van der Waals surface area contributed by atoms with Crippen molar-refractivity contribution in [1.82, 2.24) is 19.2 Å². The number of para-hydroxylation sites is 1. The SMILES string of the molecule is Cc1ccccc1NC(=O)Cn1nc2n(c1=O)CCN(Cc1cccc(F)c1)C2=O. The molecule has 1 aliphatic heterocycles. The monoisotopic (exact) mass is 409 g/mol. The minimum absolute atomic E-state index is 0.0219. The Kier molecular flexibility index (Phi) is 5.18. The zero-order chi connectivity index (χ0) is 21.3. The van der Waals surface area contributed by atoms with Crippen LogP contribution in [0.2, 0.25) is 0 Å². The number of amides is 2. The number of fused-ring (bicyclic) bond motifs is 1. The predicted octanol–water partition coefficient (Wildman–Crippen LogP) is 1.79. The Hall–Kier alpha value is -3.75. The fourth-order valence-corrected chi connectivity index (χ4v) is 3.41. The molecule has 8 nitrogen and oxygen atoms in total. The van der Waals surface area contributed by atoms with E-state index in [1.54, 1.807) is 24.3 Å². The van der Waals surface area contributed by atoms with Crippen molar-refractivity contribution in [1.29, 1.82) is 0 Å². The molecular weight excluding hydrogens is 389 g/mol. The van der Waals surface area contributed by atoms with Gasteiger partial charge in [-0.15, -0.1) is 5.10 Å². The van der Waals surface area contributed by atoms with Crippen molar-refractivity contribution in [3.8, 4) is 0 Å². The van der Waals surface area contributed by atoms with Crippen molar-refractivity contribution in [3.63, 3.8) is 0 Å². The highest BCUT2D eigenvalue weighted by molar-refractivity contribution is 5.92. The van der Waals surface area contributed by atoms with E-state index in [0.717, 1.165) is 10.2 Å². The van der Waals surface area contributed by atoms with E-state index in [1.165, 1.54) is 21.6 Å². The van der Waals surface area contributed by atoms with E-state index in [0.29, 0.717) is 17.8 Å². The van der Waals surface area contributed by atoms with Crippen molar-refractivity contribution >= 4 is 17.5 Å². The second kappa shape index (κ2) is 7.94. The van der Waals surface area contributed by atoms with Gasteiger partial charge in [0.1, 0.15) is 12.4 Å². The third kappa shape index (κ3) is 3.86. The molecule has 0 saturated carbocycles. The van der Waals surface area contributed by atoms with Crippen molar-refractivity contribution in [2.24, 2.45) is 0 Å². The smallest absolute Gasteiger partial charge is 0.330 e. The van der Waals surface area contributed by atoms with Gasteiger partial charge < -0.3 is 10.2 Å². The van der Waals surface area contributed by atoms with Crippen LogP contribution in [0.25, 0.3) is 0 Å². The van der Waals surface area contributed by atoms with Crippen molar-refractivity contribution in [2.75, 3.05) is 11.9 Å².